The van der Waals surface area contributed by atoms with Gasteiger partial charge in [0.25, 0.3) is 0 Å². The SMILES string of the molecule is CCCNC(CCCC(F)(F)F)C1CCCCS1(=O)=O. The zero-order valence-electron chi connectivity index (χ0n) is 11.9. The fraction of sp³-hybridized carbons (Fsp3) is 1.00. The molecule has 120 valence electrons. The van der Waals surface area contributed by atoms with Crippen molar-refractivity contribution in [2.24, 2.45) is 0 Å². The van der Waals surface area contributed by atoms with Gasteiger partial charge in [0.05, 0.1) is 11.0 Å². The molecule has 0 aromatic rings. The lowest BCUT2D eigenvalue weighted by atomic mass is 10.0. The number of rotatable bonds is 7. The topological polar surface area (TPSA) is 46.2 Å². The molecule has 0 aromatic carbocycles. The van der Waals surface area contributed by atoms with Gasteiger partial charge < -0.3 is 5.32 Å². The average Bonchev–Trinajstić information content (AvgIpc) is 2.32. The van der Waals surface area contributed by atoms with Gasteiger partial charge in [0.15, 0.2) is 9.84 Å². The van der Waals surface area contributed by atoms with E-state index >= 15 is 0 Å². The maximum Gasteiger partial charge on any atom is 0.389 e. The highest BCUT2D eigenvalue weighted by molar-refractivity contribution is 7.92. The molecule has 1 N–H and O–H groups in total. The first-order valence-corrected chi connectivity index (χ1v) is 8.99. The van der Waals surface area contributed by atoms with Gasteiger partial charge in [0.1, 0.15) is 0 Å². The molecular weight excluding hydrogens is 291 g/mol. The fourth-order valence-electron chi connectivity index (χ4n) is 2.70. The van der Waals surface area contributed by atoms with Gasteiger partial charge in [-0.25, -0.2) is 8.42 Å². The highest BCUT2D eigenvalue weighted by Gasteiger charge is 2.35. The summed E-state index contributed by atoms with van der Waals surface area (Å²) in [5, 5.41) is 2.62. The second-order valence-corrected chi connectivity index (χ2v) is 7.81. The van der Waals surface area contributed by atoms with Crippen LogP contribution in [0, 0.1) is 0 Å². The molecule has 1 aliphatic heterocycles. The zero-order chi connectivity index (χ0) is 15.2. The van der Waals surface area contributed by atoms with E-state index < -0.39 is 27.7 Å². The molecule has 0 radical (unpaired) electrons. The van der Waals surface area contributed by atoms with E-state index in [-0.39, 0.29) is 24.6 Å². The van der Waals surface area contributed by atoms with Crippen molar-refractivity contribution < 1.29 is 21.6 Å². The Balaban J connectivity index is 2.62. The van der Waals surface area contributed by atoms with Crippen LogP contribution in [0.5, 0.6) is 0 Å². The van der Waals surface area contributed by atoms with E-state index in [1.165, 1.54) is 0 Å². The lowest BCUT2D eigenvalue weighted by Gasteiger charge is -2.31. The monoisotopic (exact) mass is 315 g/mol. The second-order valence-electron chi connectivity index (χ2n) is 5.47. The van der Waals surface area contributed by atoms with Crippen molar-refractivity contribution in [3.05, 3.63) is 0 Å². The van der Waals surface area contributed by atoms with Crippen molar-refractivity contribution in [2.45, 2.75) is 69.3 Å². The van der Waals surface area contributed by atoms with Crippen LogP contribution in [-0.4, -0.2) is 38.2 Å². The Morgan fingerprint density at radius 2 is 2.00 bits per heavy atom. The van der Waals surface area contributed by atoms with Gasteiger partial charge in [0, 0.05) is 12.5 Å². The second kappa shape index (κ2) is 7.64. The minimum atomic E-state index is -4.17. The molecule has 1 aliphatic rings. The number of hydrogen-bond acceptors (Lipinski definition) is 3. The summed E-state index contributed by atoms with van der Waals surface area (Å²) in [6.45, 7) is 2.60. The van der Waals surface area contributed by atoms with Gasteiger partial charge >= 0.3 is 6.18 Å². The minimum Gasteiger partial charge on any atom is -0.313 e. The Hall–Kier alpha value is -0.300. The third-order valence-electron chi connectivity index (χ3n) is 3.71. The van der Waals surface area contributed by atoms with Crippen molar-refractivity contribution in [2.75, 3.05) is 12.3 Å². The van der Waals surface area contributed by atoms with Gasteiger partial charge in [-0.3, -0.25) is 0 Å². The molecule has 1 saturated heterocycles. The average molecular weight is 315 g/mol. The van der Waals surface area contributed by atoms with Gasteiger partial charge in [-0.2, -0.15) is 13.2 Å². The standard InChI is InChI=1S/C13H24F3NO2S/c1-2-9-17-11(6-5-8-13(14,15)16)12-7-3-4-10-20(12,18)19/h11-12,17H,2-10H2,1H3. The molecule has 0 saturated carbocycles. The number of halogens is 3. The summed E-state index contributed by atoms with van der Waals surface area (Å²) in [6, 6.07) is -0.345. The van der Waals surface area contributed by atoms with Crippen molar-refractivity contribution in [3.8, 4) is 0 Å². The summed E-state index contributed by atoms with van der Waals surface area (Å²) < 4.78 is 60.8. The first-order valence-electron chi connectivity index (χ1n) is 7.28. The Kier molecular flexibility index (Phi) is 6.78. The number of sulfone groups is 1. The van der Waals surface area contributed by atoms with E-state index in [4.69, 9.17) is 0 Å². The zero-order valence-corrected chi connectivity index (χ0v) is 12.7. The molecule has 0 spiro atoms. The van der Waals surface area contributed by atoms with Crippen LogP contribution in [0.3, 0.4) is 0 Å². The summed E-state index contributed by atoms with van der Waals surface area (Å²) in [5.41, 5.74) is 0. The van der Waals surface area contributed by atoms with Crippen LogP contribution in [0.2, 0.25) is 0 Å². The molecule has 0 aromatic heterocycles. The first kappa shape index (κ1) is 17.8. The van der Waals surface area contributed by atoms with Crippen LogP contribution in [0.25, 0.3) is 0 Å². The van der Waals surface area contributed by atoms with E-state index in [1.54, 1.807) is 0 Å². The quantitative estimate of drug-likeness (QED) is 0.785. The van der Waals surface area contributed by atoms with Crippen molar-refractivity contribution in [1.29, 1.82) is 0 Å². The van der Waals surface area contributed by atoms with Gasteiger partial charge in [-0.15, -0.1) is 0 Å². The molecule has 1 rings (SSSR count). The Labute approximate surface area is 119 Å². The van der Waals surface area contributed by atoms with Crippen LogP contribution in [-0.2, 0) is 9.84 Å². The number of nitrogens with one attached hydrogen (secondary N) is 1. The van der Waals surface area contributed by atoms with E-state index in [0.717, 1.165) is 12.8 Å². The number of alkyl halides is 3. The Bertz CT molecular complexity index is 382. The van der Waals surface area contributed by atoms with Crippen LogP contribution in [0.1, 0.15) is 51.9 Å². The largest absolute Gasteiger partial charge is 0.389 e. The van der Waals surface area contributed by atoms with Crippen LogP contribution in [0.4, 0.5) is 13.2 Å². The van der Waals surface area contributed by atoms with Crippen molar-refractivity contribution in [3.63, 3.8) is 0 Å². The minimum absolute atomic E-state index is 0.0170. The third kappa shape index (κ3) is 5.99. The van der Waals surface area contributed by atoms with Crippen LogP contribution in [0.15, 0.2) is 0 Å². The summed E-state index contributed by atoms with van der Waals surface area (Å²) in [5.74, 6) is 0.168. The van der Waals surface area contributed by atoms with Gasteiger partial charge in [-0.1, -0.05) is 13.3 Å². The third-order valence-corrected chi connectivity index (χ3v) is 6.05. The highest BCUT2D eigenvalue weighted by Crippen LogP contribution is 2.27. The predicted octanol–water partition coefficient (Wildman–Crippen LogP) is 3.05. The normalized spacial score (nSPS) is 24.5. The molecule has 20 heavy (non-hydrogen) atoms. The maximum absolute atomic E-state index is 12.2. The molecule has 0 amide bonds. The Morgan fingerprint density at radius 3 is 2.55 bits per heavy atom. The van der Waals surface area contributed by atoms with E-state index in [1.807, 2.05) is 6.92 Å². The molecule has 3 nitrogen and oxygen atoms in total. The molecule has 7 heteroatoms. The van der Waals surface area contributed by atoms with Gasteiger partial charge in [0.2, 0.25) is 0 Å². The molecule has 1 heterocycles. The van der Waals surface area contributed by atoms with Crippen LogP contribution >= 0.6 is 0 Å². The summed E-state index contributed by atoms with van der Waals surface area (Å²) in [6.07, 6.45) is -1.85. The molecule has 1 fully saturated rings. The maximum atomic E-state index is 12.2. The smallest absolute Gasteiger partial charge is 0.313 e. The summed E-state index contributed by atoms with van der Waals surface area (Å²) in [4.78, 5) is 0. The molecule has 2 atom stereocenters. The predicted molar refractivity (Wildman–Crippen MR) is 73.4 cm³/mol. The van der Waals surface area contributed by atoms with Crippen molar-refractivity contribution in [1.82, 2.24) is 5.32 Å². The fourth-order valence-corrected chi connectivity index (χ4v) is 4.87. The first-order chi connectivity index (χ1) is 9.26. The van der Waals surface area contributed by atoms with E-state index in [0.29, 0.717) is 19.4 Å². The summed E-state index contributed by atoms with van der Waals surface area (Å²) >= 11 is 0. The highest BCUT2D eigenvalue weighted by atomic mass is 32.2. The lowest BCUT2D eigenvalue weighted by molar-refractivity contribution is -0.135. The van der Waals surface area contributed by atoms with Crippen LogP contribution < -0.4 is 5.32 Å². The molecule has 2 unspecified atom stereocenters. The van der Waals surface area contributed by atoms with Crippen molar-refractivity contribution >= 4 is 9.84 Å². The Morgan fingerprint density at radius 1 is 1.30 bits per heavy atom. The van der Waals surface area contributed by atoms with Gasteiger partial charge in [-0.05, 0) is 38.6 Å². The number of hydrogen-bond donors (Lipinski definition) is 1. The van der Waals surface area contributed by atoms with E-state index in [9.17, 15) is 21.6 Å². The van der Waals surface area contributed by atoms with E-state index in [2.05, 4.69) is 5.32 Å². The summed E-state index contributed by atoms with van der Waals surface area (Å²) in [7, 11) is -3.16. The molecule has 0 bridgehead atoms. The molecular formula is C13H24F3NO2S. The lowest BCUT2D eigenvalue weighted by Crippen LogP contribution is -2.47. The molecule has 0 aliphatic carbocycles.